The summed E-state index contributed by atoms with van der Waals surface area (Å²) in [5.41, 5.74) is 0.617. The smallest absolute Gasteiger partial charge is 0.167 e. The highest BCUT2D eigenvalue weighted by Crippen LogP contribution is 2.20. The molecule has 0 saturated heterocycles. The lowest BCUT2D eigenvalue weighted by Gasteiger charge is -2.16. The minimum Gasteiger partial charge on any atom is -0.486 e. The summed E-state index contributed by atoms with van der Waals surface area (Å²) in [6.07, 6.45) is 1.06. The van der Waals surface area contributed by atoms with Crippen LogP contribution in [0, 0.1) is 12.7 Å². The molecular formula is C13H20FNO. The third-order valence-corrected chi connectivity index (χ3v) is 2.34. The summed E-state index contributed by atoms with van der Waals surface area (Å²) in [5, 5.41) is 3.24. The van der Waals surface area contributed by atoms with Crippen LogP contribution in [0.15, 0.2) is 18.2 Å². The van der Waals surface area contributed by atoms with E-state index in [4.69, 9.17) is 4.74 Å². The number of hydrogen-bond donors (Lipinski definition) is 1. The van der Waals surface area contributed by atoms with E-state index in [0.29, 0.717) is 11.3 Å². The second-order valence-electron chi connectivity index (χ2n) is 4.02. The van der Waals surface area contributed by atoms with E-state index in [2.05, 4.69) is 12.2 Å². The van der Waals surface area contributed by atoms with E-state index in [9.17, 15) is 4.39 Å². The molecule has 1 atom stereocenters. The second kappa shape index (κ2) is 6.48. The van der Waals surface area contributed by atoms with E-state index in [1.54, 1.807) is 25.1 Å². The average Bonchev–Trinajstić information content (AvgIpc) is 2.25. The highest BCUT2D eigenvalue weighted by Gasteiger charge is 2.09. The van der Waals surface area contributed by atoms with Gasteiger partial charge in [-0.2, -0.15) is 0 Å². The Kier molecular flexibility index (Phi) is 5.26. The van der Waals surface area contributed by atoms with Crippen molar-refractivity contribution in [2.45, 2.75) is 33.3 Å². The fourth-order valence-electron chi connectivity index (χ4n) is 1.45. The van der Waals surface area contributed by atoms with Crippen molar-refractivity contribution in [3.05, 3.63) is 29.6 Å². The van der Waals surface area contributed by atoms with Gasteiger partial charge in [-0.05, 0) is 38.4 Å². The Morgan fingerprint density at radius 3 is 2.88 bits per heavy atom. The van der Waals surface area contributed by atoms with Gasteiger partial charge in [0.15, 0.2) is 11.6 Å². The van der Waals surface area contributed by atoms with Crippen molar-refractivity contribution in [1.82, 2.24) is 5.32 Å². The fourth-order valence-corrected chi connectivity index (χ4v) is 1.45. The molecule has 2 nitrogen and oxygen atoms in total. The van der Waals surface area contributed by atoms with E-state index in [1.807, 2.05) is 6.92 Å². The first-order chi connectivity index (χ1) is 7.65. The molecule has 1 unspecified atom stereocenters. The molecular weight excluding hydrogens is 205 g/mol. The number of ether oxygens (including phenoxy) is 1. The summed E-state index contributed by atoms with van der Waals surface area (Å²) in [7, 11) is 0. The molecule has 0 bridgehead atoms. The van der Waals surface area contributed by atoms with Crippen LogP contribution < -0.4 is 10.1 Å². The first-order valence-electron chi connectivity index (χ1n) is 5.77. The van der Waals surface area contributed by atoms with Gasteiger partial charge in [-0.15, -0.1) is 0 Å². The average molecular weight is 225 g/mol. The van der Waals surface area contributed by atoms with Gasteiger partial charge in [0.1, 0.15) is 6.10 Å². The number of rotatable bonds is 6. The molecule has 0 aliphatic carbocycles. The van der Waals surface area contributed by atoms with Crippen LogP contribution in [0.25, 0.3) is 0 Å². The molecule has 1 N–H and O–H groups in total. The maximum Gasteiger partial charge on any atom is 0.167 e. The van der Waals surface area contributed by atoms with Crippen molar-refractivity contribution in [2.24, 2.45) is 0 Å². The van der Waals surface area contributed by atoms with Crippen LogP contribution in [0.3, 0.4) is 0 Å². The molecule has 0 spiro atoms. The molecule has 0 aromatic heterocycles. The minimum absolute atomic E-state index is 0.0251. The quantitative estimate of drug-likeness (QED) is 0.752. The Morgan fingerprint density at radius 1 is 1.44 bits per heavy atom. The van der Waals surface area contributed by atoms with Gasteiger partial charge in [0.25, 0.3) is 0 Å². The van der Waals surface area contributed by atoms with E-state index in [1.165, 1.54) is 0 Å². The molecule has 0 aliphatic heterocycles. The zero-order chi connectivity index (χ0) is 12.0. The molecule has 1 aromatic carbocycles. The molecule has 1 aromatic rings. The molecule has 90 valence electrons. The lowest BCUT2D eigenvalue weighted by atomic mass is 10.2. The predicted octanol–water partition coefficient (Wildman–Crippen LogP) is 2.90. The monoisotopic (exact) mass is 225 g/mol. The molecule has 0 amide bonds. The minimum atomic E-state index is -0.259. The number of halogens is 1. The summed E-state index contributed by atoms with van der Waals surface area (Å²) in [6.45, 7) is 7.48. The molecule has 0 aliphatic rings. The molecule has 1 rings (SSSR count). The Balaban J connectivity index is 2.49. The van der Waals surface area contributed by atoms with Crippen LogP contribution in [0.1, 0.15) is 25.8 Å². The molecule has 0 radical (unpaired) electrons. The standard InChI is InChI=1S/C13H20FNO/c1-4-8-15-9-11(3)16-12-7-5-6-10(2)13(12)14/h5-7,11,15H,4,8-9H2,1-3H3. The molecule has 0 heterocycles. The third-order valence-electron chi connectivity index (χ3n) is 2.34. The van der Waals surface area contributed by atoms with Gasteiger partial charge in [0.05, 0.1) is 0 Å². The molecule has 16 heavy (non-hydrogen) atoms. The van der Waals surface area contributed by atoms with Crippen LogP contribution in [0.4, 0.5) is 4.39 Å². The largest absolute Gasteiger partial charge is 0.486 e. The van der Waals surface area contributed by atoms with E-state index < -0.39 is 0 Å². The van der Waals surface area contributed by atoms with Crippen molar-refractivity contribution < 1.29 is 9.13 Å². The number of aryl methyl sites for hydroxylation is 1. The summed E-state index contributed by atoms with van der Waals surface area (Å²) >= 11 is 0. The van der Waals surface area contributed by atoms with Crippen LogP contribution in [-0.2, 0) is 0 Å². The van der Waals surface area contributed by atoms with Crippen molar-refractivity contribution in [2.75, 3.05) is 13.1 Å². The summed E-state index contributed by atoms with van der Waals surface area (Å²) in [6, 6.07) is 5.21. The van der Waals surface area contributed by atoms with E-state index in [-0.39, 0.29) is 11.9 Å². The van der Waals surface area contributed by atoms with Crippen molar-refractivity contribution in [1.29, 1.82) is 0 Å². The highest BCUT2D eigenvalue weighted by molar-refractivity contribution is 5.30. The van der Waals surface area contributed by atoms with E-state index >= 15 is 0 Å². The number of nitrogens with one attached hydrogen (secondary N) is 1. The first-order valence-corrected chi connectivity index (χ1v) is 5.77. The SMILES string of the molecule is CCCNCC(C)Oc1cccc(C)c1F. The Labute approximate surface area is 96.8 Å². The maximum absolute atomic E-state index is 13.6. The topological polar surface area (TPSA) is 21.3 Å². The summed E-state index contributed by atoms with van der Waals surface area (Å²) in [5.74, 6) is 0.0793. The molecule has 0 fully saturated rings. The van der Waals surface area contributed by atoms with Crippen molar-refractivity contribution in [3.63, 3.8) is 0 Å². The summed E-state index contributed by atoms with van der Waals surface area (Å²) < 4.78 is 19.1. The van der Waals surface area contributed by atoms with Crippen LogP contribution >= 0.6 is 0 Å². The van der Waals surface area contributed by atoms with Gasteiger partial charge >= 0.3 is 0 Å². The van der Waals surface area contributed by atoms with Gasteiger partial charge in [-0.25, -0.2) is 4.39 Å². The normalized spacial score (nSPS) is 12.5. The Hall–Kier alpha value is -1.09. The van der Waals surface area contributed by atoms with Crippen molar-refractivity contribution in [3.8, 4) is 5.75 Å². The predicted molar refractivity (Wildman–Crippen MR) is 64.4 cm³/mol. The number of hydrogen-bond acceptors (Lipinski definition) is 2. The highest BCUT2D eigenvalue weighted by atomic mass is 19.1. The van der Waals surface area contributed by atoms with Crippen molar-refractivity contribution >= 4 is 0 Å². The van der Waals surface area contributed by atoms with Gasteiger partial charge in [-0.1, -0.05) is 19.1 Å². The lowest BCUT2D eigenvalue weighted by molar-refractivity contribution is 0.208. The zero-order valence-corrected chi connectivity index (χ0v) is 10.2. The lowest BCUT2D eigenvalue weighted by Crippen LogP contribution is -2.29. The number of benzene rings is 1. The van der Waals surface area contributed by atoms with Gasteiger partial charge < -0.3 is 10.1 Å². The first kappa shape index (κ1) is 13.0. The van der Waals surface area contributed by atoms with E-state index in [0.717, 1.165) is 19.5 Å². The van der Waals surface area contributed by atoms with Gasteiger partial charge in [-0.3, -0.25) is 0 Å². The zero-order valence-electron chi connectivity index (χ0n) is 10.2. The fraction of sp³-hybridized carbons (Fsp3) is 0.538. The maximum atomic E-state index is 13.6. The Bertz CT molecular complexity index is 328. The Morgan fingerprint density at radius 2 is 2.19 bits per heavy atom. The van der Waals surface area contributed by atoms with Gasteiger partial charge in [0, 0.05) is 6.54 Å². The third kappa shape index (κ3) is 3.81. The molecule has 0 saturated carbocycles. The summed E-state index contributed by atoms with van der Waals surface area (Å²) in [4.78, 5) is 0. The van der Waals surface area contributed by atoms with Gasteiger partial charge in [0.2, 0.25) is 0 Å². The van der Waals surface area contributed by atoms with Crippen LogP contribution in [0.2, 0.25) is 0 Å². The van der Waals surface area contributed by atoms with Crippen LogP contribution in [-0.4, -0.2) is 19.2 Å². The van der Waals surface area contributed by atoms with Crippen LogP contribution in [0.5, 0.6) is 5.75 Å². The molecule has 3 heteroatoms. The second-order valence-corrected chi connectivity index (χ2v) is 4.02.